The van der Waals surface area contributed by atoms with E-state index in [1.807, 2.05) is 13.0 Å². The topological polar surface area (TPSA) is 105 Å². The molecule has 4 rings (SSSR count). The van der Waals surface area contributed by atoms with E-state index in [1.165, 1.54) is 18.4 Å². The minimum absolute atomic E-state index is 0.349. The first-order valence-electron chi connectivity index (χ1n) is 11.0. The Morgan fingerprint density at radius 3 is 2.67 bits per heavy atom. The van der Waals surface area contributed by atoms with Gasteiger partial charge in [0.05, 0.1) is 12.7 Å². The molecule has 1 aliphatic heterocycles. The number of imide groups is 1. The average Bonchev–Trinajstić information content (AvgIpc) is 3.28. The zero-order valence-electron chi connectivity index (χ0n) is 18.9. The van der Waals surface area contributed by atoms with Crippen LogP contribution in [0.5, 0.6) is 0 Å². The van der Waals surface area contributed by atoms with Crippen molar-refractivity contribution in [2.45, 2.75) is 45.1 Å². The third-order valence-corrected chi connectivity index (χ3v) is 7.60. The third-order valence-electron chi connectivity index (χ3n) is 6.43. The second-order valence-electron chi connectivity index (χ2n) is 8.54. The van der Waals surface area contributed by atoms with Crippen molar-refractivity contribution in [3.05, 3.63) is 51.9 Å². The summed E-state index contributed by atoms with van der Waals surface area (Å²) in [5, 5.41) is 5.93. The number of amides is 4. The molecule has 8 nitrogen and oxygen atoms in total. The summed E-state index contributed by atoms with van der Waals surface area (Å²) in [6, 6.07) is 8.38. The van der Waals surface area contributed by atoms with Crippen LogP contribution < -0.4 is 10.6 Å². The van der Waals surface area contributed by atoms with Gasteiger partial charge < -0.3 is 15.4 Å². The molecular weight excluding hydrogens is 442 g/mol. The predicted octanol–water partition coefficient (Wildman–Crippen LogP) is 3.46. The molecule has 1 aromatic heterocycles. The molecule has 0 bridgehead atoms. The van der Waals surface area contributed by atoms with Crippen molar-refractivity contribution in [1.29, 1.82) is 0 Å². The Hall–Kier alpha value is -3.20. The third kappa shape index (κ3) is 4.01. The Bertz CT molecular complexity index is 1110. The first kappa shape index (κ1) is 23.0. The largest absolute Gasteiger partial charge is 0.465 e. The van der Waals surface area contributed by atoms with Gasteiger partial charge in [-0.05, 0) is 42.7 Å². The summed E-state index contributed by atoms with van der Waals surface area (Å²) < 4.78 is 4.96. The lowest BCUT2D eigenvalue weighted by atomic mass is 9.87. The fraction of sp³-hybridized carbons (Fsp3) is 0.417. The van der Waals surface area contributed by atoms with Gasteiger partial charge in [0.1, 0.15) is 17.1 Å². The molecule has 0 spiro atoms. The van der Waals surface area contributed by atoms with Crippen LogP contribution in [-0.2, 0) is 32.7 Å². The lowest BCUT2D eigenvalue weighted by molar-refractivity contribution is -0.134. The second-order valence-corrected chi connectivity index (χ2v) is 9.65. The Labute approximate surface area is 196 Å². The predicted molar refractivity (Wildman–Crippen MR) is 124 cm³/mol. The number of nitrogens with one attached hydrogen (secondary N) is 2. The highest BCUT2D eigenvalue weighted by Gasteiger charge is 2.51. The van der Waals surface area contributed by atoms with Crippen molar-refractivity contribution < 1.29 is 23.9 Å². The van der Waals surface area contributed by atoms with Crippen molar-refractivity contribution in [3.63, 3.8) is 0 Å². The maximum Gasteiger partial charge on any atom is 0.341 e. The van der Waals surface area contributed by atoms with Crippen molar-refractivity contribution in [3.8, 4) is 0 Å². The molecule has 2 heterocycles. The van der Waals surface area contributed by atoms with E-state index in [-0.39, 0.29) is 0 Å². The number of nitrogens with zero attached hydrogens (tertiary/aromatic N) is 1. The standard InChI is InChI=1S/C24H27N3O5S/c1-4-24(15-8-6-5-7-9-15)22(30)27(23(31)26-24)13-18(28)25-20-19(21(29)32-3)16-11-10-14(2)12-17(16)33-20/h5-9,14H,4,10-13H2,1-3H3,(H,25,28)(H,26,31)/t14-,24+/m0/s1. The van der Waals surface area contributed by atoms with E-state index in [9.17, 15) is 19.2 Å². The van der Waals surface area contributed by atoms with Gasteiger partial charge in [-0.2, -0.15) is 0 Å². The number of hydrogen-bond donors (Lipinski definition) is 2. The van der Waals surface area contributed by atoms with E-state index in [1.54, 1.807) is 24.3 Å². The average molecular weight is 470 g/mol. The maximum absolute atomic E-state index is 13.3. The Kier molecular flexibility index (Phi) is 6.25. The van der Waals surface area contributed by atoms with Crippen molar-refractivity contribution in [1.82, 2.24) is 10.2 Å². The maximum atomic E-state index is 13.3. The lowest BCUT2D eigenvalue weighted by Gasteiger charge is -2.25. The second kappa shape index (κ2) is 8.97. The summed E-state index contributed by atoms with van der Waals surface area (Å²) in [5.41, 5.74) is 0.766. The first-order valence-corrected chi connectivity index (χ1v) is 11.8. The number of esters is 1. The number of anilines is 1. The molecular formula is C24H27N3O5S. The number of carbonyl (C=O) groups excluding carboxylic acids is 4. The molecule has 0 radical (unpaired) electrons. The highest BCUT2D eigenvalue weighted by molar-refractivity contribution is 7.17. The van der Waals surface area contributed by atoms with Gasteiger partial charge in [0.25, 0.3) is 5.91 Å². The van der Waals surface area contributed by atoms with Crippen LogP contribution in [0.2, 0.25) is 0 Å². The summed E-state index contributed by atoms with van der Waals surface area (Å²) in [6.45, 7) is 3.52. The Balaban J connectivity index is 1.56. The Morgan fingerprint density at radius 2 is 2.00 bits per heavy atom. The minimum atomic E-state index is -1.20. The fourth-order valence-electron chi connectivity index (χ4n) is 4.60. The van der Waals surface area contributed by atoms with Gasteiger partial charge >= 0.3 is 12.0 Å². The van der Waals surface area contributed by atoms with E-state index >= 15 is 0 Å². The van der Waals surface area contributed by atoms with E-state index in [2.05, 4.69) is 17.6 Å². The molecule has 4 amide bonds. The number of carbonyl (C=O) groups is 4. The van der Waals surface area contributed by atoms with E-state index in [0.717, 1.165) is 34.6 Å². The molecule has 0 unspecified atom stereocenters. The van der Waals surface area contributed by atoms with Crippen LogP contribution in [-0.4, -0.2) is 42.4 Å². The highest BCUT2D eigenvalue weighted by atomic mass is 32.1. The van der Waals surface area contributed by atoms with Gasteiger partial charge in [0, 0.05) is 4.88 Å². The number of methoxy groups -OCH3 is 1. The number of benzene rings is 1. The first-order chi connectivity index (χ1) is 15.8. The van der Waals surface area contributed by atoms with Crippen molar-refractivity contribution >= 4 is 40.2 Å². The molecule has 33 heavy (non-hydrogen) atoms. The number of ether oxygens (including phenoxy) is 1. The van der Waals surface area contributed by atoms with E-state index in [4.69, 9.17) is 4.74 Å². The highest BCUT2D eigenvalue weighted by Crippen LogP contribution is 2.40. The van der Waals surface area contributed by atoms with Crippen molar-refractivity contribution in [2.24, 2.45) is 5.92 Å². The summed E-state index contributed by atoms with van der Waals surface area (Å²) in [6.07, 6.45) is 2.89. The van der Waals surface area contributed by atoms with Crippen LogP contribution in [0.25, 0.3) is 0 Å². The SMILES string of the molecule is CC[C@]1(c2ccccc2)NC(=O)N(CC(=O)Nc2sc3c(c2C(=O)OC)CC[C@H](C)C3)C1=O. The van der Waals surface area contributed by atoms with Crippen LogP contribution in [0.1, 0.15) is 53.1 Å². The molecule has 0 saturated carbocycles. The fourth-order valence-corrected chi connectivity index (χ4v) is 6.01. The van der Waals surface area contributed by atoms with E-state index in [0.29, 0.717) is 28.5 Å². The summed E-state index contributed by atoms with van der Waals surface area (Å²) in [5.74, 6) is -1.02. The number of fused-ring (bicyclic) bond motifs is 1. The number of urea groups is 1. The molecule has 2 aromatic rings. The van der Waals surface area contributed by atoms with Gasteiger partial charge in [0.2, 0.25) is 5.91 Å². The smallest absolute Gasteiger partial charge is 0.341 e. The van der Waals surface area contributed by atoms with Crippen LogP contribution in [0.4, 0.5) is 9.80 Å². The molecule has 1 fully saturated rings. The van der Waals surface area contributed by atoms with Crippen molar-refractivity contribution in [2.75, 3.05) is 19.0 Å². The van der Waals surface area contributed by atoms with E-state index < -0.39 is 35.9 Å². The van der Waals surface area contributed by atoms with Gasteiger partial charge in [-0.15, -0.1) is 11.3 Å². The molecule has 1 aliphatic carbocycles. The molecule has 9 heteroatoms. The van der Waals surface area contributed by atoms with Gasteiger partial charge in [-0.3, -0.25) is 14.5 Å². The molecule has 1 aromatic carbocycles. The molecule has 2 aliphatic rings. The molecule has 2 atom stereocenters. The summed E-state index contributed by atoms with van der Waals surface area (Å²) in [7, 11) is 1.31. The van der Waals surface area contributed by atoms with Gasteiger partial charge in [-0.1, -0.05) is 44.2 Å². The summed E-state index contributed by atoms with van der Waals surface area (Å²) >= 11 is 1.36. The van der Waals surface area contributed by atoms with Crippen LogP contribution >= 0.6 is 11.3 Å². The number of hydrogen-bond acceptors (Lipinski definition) is 6. The zero-order chi connectivity index (χ0) is 23.8. The zero-order valence-corrected chi connectivity index (χ0v) is 19.7. The molecule has 1 saturated heterocycles. The van der Waals surface area contributed by atoms with Crippen LogP contribution in [0.15, 0.2) is 30.3 Å². The summed E-state index contributed by atoms with van der Waals surface area (Å²) in [4.78, 5) is 53.3. The molecule has 2 N–H and O–H groups in total. The normalized spacial score (nSPS) is 22.0. The van der Waals surface area contributed by atoms with Gasteiger partial charge in [-0.25, -0.2) is 9.59 Å². The monoisotopic (exact) mass is 469 g/mol. The minimum Gasteiger partial charge on any atom is -0.465 e. The quantitative estimate of drug-likeness (QED) is 0.498. The number of rotatable bonds is 6. The van der Waals surface area contributed by atoms with Crippen LogP contribution in [0, 0.1) is 5.92 Å². The Morgan fingerprint density at radius 1 is 1.27 bits per heavy atom. The lowest BCUT2D eigenvalue weighted by Crippen LogP contribution is -2.44. The van der Waals surface area contributed by atoms with Gasteiger partial charge in [0.15, 0.2) is 0 Å². The molecule has 174 valence electrons. The number of thiophene rings is 1. The van der Waals surface area contributed by atoms with Crippen LogP contribution in [0.3, 0.4) is 0 Å².